The minimum atomic E-state index is 0.428. The van der Waals surface area contributed by atoms with E-state index in [1.54, 1.807) is 0 Å². The molecule has 0 bridgehead atoms. The summed E-state index contributed by atoms with van der Waals surface area (Å²) in [7, 11) is 0. The first-order valence-electron chi connectivity index (χ1n) is 5.73. The third kappa shape index (κ3) is 2.74. The molecule has 1 aromatic carbocycles. The summed E-state index contributed by atoms with van der Waals surface area (Å²) in [5.74, 6) is 0. The summed E-state index contributed by atoms with van der Waals surface area (Å²) in [6, 6.07) is 10.3. The molecular formula is C13H16N2O. The van der Waals surface area contributed by atoms with Crippen molar-refractivity contribution in [2.45, 2.75) is 25.3 Å². The van der Waals surface area contributed by atoms with Gasteiger partial charge < -0.3 is 10.1 Å². The van der Waals surface area contributed by atoms with Crippen LogP contribution >= 0.6 is 0 Å². The minimum absolute atomic E-state index is 0.428. The van der Waals surface area contributed by atoms with Crippen molar-refractivity contribution in [1.82, 2.24) is 0 Å². The van der Waals surface area contributed by atoms with Crippen LogP contribution < -0.4 is 5.32 Å². The zero-order valence-corrected chi connectivity index (χ0v) is 9.28. The fraction of sp³-hybridized carbons (Fsp3) is 0.462. The molecule has 84 valence electrons. The molecule has 1 aliphatic rings. The number of ether oxygens (including phenoxy) is 1. The SMILES string of the molecule is N#Cc1ccccc1NC1CCCOCC1. The van der Waals surface area contributed by atoms with E-state index < -0.39 is 0 Å². The first-order valence-corrected chi connectivity index (χ1v) is 5.73. The second-order valence-electron chi connectivity index (χ2n) is 4.04. The first-order chi connectivity index (χ1) is 7.90. The van der Waals surface area contributed by atoms with Gasteiger partial charge in [-0.3, -0.25) is 0 Å². The lowest BCUT2D eigenvalue weighted by Gasteiger charge is -2.17. The summed E-state index contributed by atoms with van der Waals surface area (Å²) in [5.41, 5.74) is 1.66. The molecule has 0 saturated carbocycles. The molecule has 1 aliphatic heterocycles. The van der Waals surface area contributed by atoms with Crippen LogP contribution in [-0.4, -0.2) is 19.3 Å². The van der Waals surface area contributed by atoms with E-state index >= 15 is 0 Å². The Labute approximate surface area is 96.0 Å². The summed E-state index contributed by atoms with van der Waals surface area (Å²) in [5, 5.41) is 12.4. The Balaban J connectivity index is 2.05. The Morgan fingerprint density at radius 3 is 3.00 bits per heavy atom. The molecule has 2 rings (SSSR count). The largest absolute Gasteiger partial charge is 0.381 e. The highest BCUT2D eigenvalue weighted by Gasteiger charge is 2.13. The molecule has 0 aliphatic carbocycles. The molecule has 3 heteroatoms. The van der Waals surface area contributed by atoms with Crippen molar-refractivity contribution in [3.63, 3.8) is 0 Å². The standard InChI is InChI=1S/C13H16N2O/c14-10-11-4-1-2-6-13(11)15-12-5-3-8-16-9-7-12/h1-2,4,6,12,15H,3,5,7-9H2. The number of anilines is 1. The van der Waals surface area contributed by atoms with Gasteiger partial charge in [0.1, 0.15) is 6.07 Å². The molecule has 0 amide bonds. The third-order valence-corrected chi connectivity index (χ3v) is 2.86. The number of para-hydroxylation sites is 1. The van der Waals surface area contributed by atoms with E-state index in [9.17, 15) is 0 Å². The first kappa shape index (κ1) is 11.0. The number of hydrogen-bond donors (Lipinski definition) is 1. The monoisotopic (exact) mass is 216 g/mol. The number of nitriles is 1. The van der Waals surface area contributed by atoms with Crippen LogP contribution in [0.15, 0.2) is 24.3 Å². The zero-order valence-electron chi connectivity index (χ0n) is 9.28. The lowest BCUT2D eigenvalue weighted by atomic mass is 10.1. The van der Waals surface area contributed by atoms with E-state index in [4.69, 9.17) is 10.00 Å². The second-order valence-corrected chi connectivity index (χ2v) is 4.04. The van der Waals surface area contributed by atoms with E-state index in [0.29, 0.717) is 11.6 Å². The van der Waals surface area contributed by atoms with Crippen LogP contribution in [-0.2, 0) is 4.74 Å². The number of hydrogen-bond acceptors (Lipinski definition) is 3. The van der Waals surface area contributed by atoms with Gasteiger partial charge in [0.2, 0.25) is 0 Å². The molecule has 0 radical (unpaired) electrons. The summed E-state index contributed by atoms with van der Waals surface area (Å²) in [6.45, 7) is 1.67. The van der Waals surface area contributed by atoms with Gasteiger partial charge in [0.15, 0.2) is 0 Å². The van der Waals surface area contributed by atoms with Crippen molar-refractivity contribution >= 4 is 5.69 Å². The normalized spacial score (nSPS) is 20.8. The molecule has 0 spiro atoms. The smallest absolute Gasteiger partial charge is 0.101 e. The molecule has 1 fully saturated rings. The van der Waals surface area contributed by atoms with E-state index in [2.05, 4.69) is 11.4 Å². The summed E-state index contributed by atoms with van der Waals surface area (Å²) in [6.07, 6.45) is 3.21. The molecule has 1 N–H and O–H groups in total. The highest BCUT2D eigenvalue weighted by Crippen LogP contribution is 2.18. The fourth-order valence-corrected chi connectivity index (χ4v) is 1.97. The number of nitrogens with zero attached hydrogens (tertiary/aromatic N) is 1. The predicted octanol–water partition coefficient (Wildman–Crippen LogP) is 2.54. The van der Waals surface area contributed by atoms with Crippen LogP contribution in [0, 0.1) is 11.3 Å². The van der Waals surface area contributed by atoms with Gasteiger partial charge in [0.25, 0.3) is 0 Å². The molecule has 1 aromatic rings. The van der Waals surface area contributed by atoms with Gasteiger partial charge >= 0.3 is 0 Å². The van der Waals surface area contributed by atoms with Gasteiger partial charge in [-0.25, -0.2) is 0 Å². The van der Waals surface area contributed by atoms with Crippen molar-refractivity contribution in [3.8, 4) is 6.07 Å². The third-order valence-electron chi connectivity index (χ3n) is 2.86. The Morgan fingerprint density at radius 2 is 2.12 bits per heavy atom. The average Bonchev–Trinajstić information content (AvgIpc) is 2.58. The van der Waals surface area contributed by atoms with Gasteiger partial charge in [-0.15, -0.1) is 0 Å². The van der Waals surface area contributed by atoms with Crippen LogP contribution in [0.1, 0.15) is 24.8 Å². The summed E-state index contributed by atoms with van der Waals surface area (Å²) in [4.78, 5) is 0. The Kier molecular flexibility index (Phi) is 3.79. The summed E-state index contributed by atoms with van der Waals surface area (Å²) < 4.78 is 5.41. The second kappa shape index (κ2) is 5.53. The van der Waals surface area contributed by atoms with Gasteiger partial charge in [0.05, 0.1) is 11.3 Å². The number of nitrogens with one attached hydrogen (secondary N) is 1. The average molecular weight is 216 g/mol. The quantitative estimate of drug-likeness (QED) is 0.826. The maximum atomic E-state index is 8.99. The highest BCUT2D eigenvalue weighted by molar-refractivity contribution is 5.57. The van der Waals surface area contributed by atoms with Crippen molar-refractivity contribution in [3.05, 3.63) is 29.8 Å². The van der Waals surface area contributed by atoms with E-state index in [0.717, 1.165) is 38.2 Å². The van der Waals surface area contributed by atoms with Gasteiger partial charge in [0, 0.05) is 19.3 Å². The maximum absolute atomic E-state index is 8.99. The molecule has 0 aromatic heterocycles. The van der Waals surface area contributed by atoms with Crippen LogP contribution in [0.3, 0.4) is 0 Å². The number of rotatable bonds is 2. The van der Waals surface area contributed by atoms with Gasteiger partial charge in [-0.1, -0.05) is 12.1 Å². The Hall–Kier alpha value is -1.53. The lowest BCUT2D eigenvalue weighted by molar-refractivity contribution is 0.144. The molecule has 1 heterocycles. The van der Waals surface area contributed by atoms with E-state index in [1.807, 2.05) is 24.3 Å². The molecular weight excluding hydrogens is 200 g/mol. The van der Waals surface area contributed by atoms with E-state index in [-0.39, 0.29) is 0 Å². The maximum Gasteiger partial charge on any atom is 0.101 e. The Morgan fingerprint density at radius 1 is 1.25 bits per heavy atom. The zero-order chi connectivity index (χ0) is 11.2. The van der Waals surface area contributed by atoms with Gasteiger partial charge in [-0.2, -0.15) is 5.26 Å². The fourth-order valence-electron chi connectivity index (χ4n) is 1.97. The van der Waals surface area contributed by atoms with Crippen molar-refractivity contribution in [1.29, 1.82) is 5.26 Å². The van der Waals surface area contributed by atoms with Crippen LogP contribution in [0.2, 0.25) is 0 Å². The van der Waals surface area contributed by atoms with Crippen LogP contribution in [0.25, 0.3) is 0 Å². The molecule has 1 unspecified atom stereocenters. The lowest BCUT2D eigenvalue weighted by Crippen LogP contribution is -2.20. The van der Waals surface area contributed by atoms with Crippen LogP contribution in [0.4, 0.5) is 5.69 Å². The van der Waals surface area contributed by atoms with E-state index in [1.165, 1.54) is 0 Å². The van der Waals surface area contributed by atoms with Crippen molar-refractivity contribution in [2.75, 3.05) is 18.5 Å². The number of benzene rings is 1. The molecule has 1 saturated heterocycles. The molecule has 1 atom stereocenters. The van der Waals surface area contributed by atoms with Crippen LogP contribution in [0.5, 0.6) is 0 Å². The highest BCUT2D eigenvalue weighted by atomic mass is 16.5. The molecule has 16 heavy (non-hydrogen) atoms. The molecule has 3 nitrogen and oxygen atoms in total. The van der Waals surface area contributed by atoms with Crippen molar-refractivity contribution < 1.29 is 4.74 Å². The Bertz CT molecular complexity index is 376. The predicted molar refractivity (Wildman–Crippen MR) is 63.2 cm³/mol. The topological polar surface area (TPSA) is 45.0 Å². The minimum Gasteiger partial charge on any atom is -0.381 e. The van der Waals surface area contributed by atoms with Crippen molar-refractivity contribution in [2.24, 2.45) is 0 Å². The van der Waals surface area contributed by atoms with Gasteiger partial charge in [-0.05, 0) is 31.4 Å². The summed E-state index contributed by atoms with van der Waals surface area (Å²) >= 11 is 0.